The van der Waals surface area contributed by atoms with E-state index < -0.39 is 12.2 Å². The Hall–Kier alpha value is -0.940. The number of ether oxygens (including phenoxy) is 1. The summed E-state index contributed by atoms with van der Waals surface area (Å²) in [5, 5.41) is 0. The monoisotopic (exact) mass is 286 g/mol. The van der Waals surface area contributed by atoms with Crippen LogP contribution in [0.5, 0.6) is 0 Å². The predicted molar refractivity (Wildman–Crippen MR) is 64.2 cm³/mol. The smallest absolute Gasteiger partial charge is 0.139 e. The van der Waals surface area contributed by atoms with Crippen molar-refractivity contribution in [2.45, 2.75) is 5.54 Å². The molecule has 5 heteroatoms. The molecule has 2 rings (SSSR count). The number of aliphatic imine (C=N–C) groups is 1. The third-order valence-corrected chi connectivity index (χ3v) is 3.02. The van der Waals surface area contributed by atoms with Crippen molar-refractivity contribution < 1.29 is 9.13 Å². The van der Waals surface area contributed by atoms with Crippen LogP contribution in [0.3, 0.4) is 0 Å². The standard InChI is InChI=1S/C11H12BrFN2O/c12-9-3-1-2-8(4-9)11(6-13)7-16-5-10(14)15-11/h1-4H,5-7H2,(H2,14,15)/t11-/m1/s1. The predicted octanol–water partition coefficient (Wildman–Crippen LogP) is 2.00. The Morgan fingerprint density at radius 3 is 3.00 bits per heavy atom. The normalized spacial score (nSPS) is 25.2. The van der Waals surface area contributed by atoms with Gasteiger partial charge in [0.05, 0.1) is 6.61 Å². The Morgan fingerprint density at radius 2 is 2.38 bits per heavy atom. The van der Waals surface area contributed by atoms with Gasteiger partial charge in [-0.2, -0.15) is 0 Å². The SMILES string of the molecule is NC1=N[C@@](CF)(c2cccc(Br)c2)COC1. The maximum absolute atomic E-state index is 13.3. The van der Waals surface area contributed by atoms with Crippen LogP contribution in [0.15, 0.2) is 33.7 Å². The first-order valence-corrected chi connectivity index (χ1v) is 5.69. The van der Waals surface area contributed by atoms with Crippen LogP contribution < -0.4 is 5.73 Å². The zero-order valence-corrected chi connectivity index (χ0v) is 10.2. The fourth-order valence-corrected chi connectivity index (χ4v) is 2.13. The fourth-order valence-electron chi connectivity index (χ4n) is 1.74. The molecule has 0 saturated carbocycles. The molecule has 0 aromatic heterocycles. The van der Waals surface area contributed by atoms with Crippen molar-refractivity contribution in [1.29, 1.82) is 0 Å². The summed E-state index contributed by atoms with van der Waals surface area (Å²) in [6.07, 6.45) is 0. The Balaban J connectivity index is 2.45. The Labute approximate surface area is 102 Å². The van der Waals surface area contributed by atoms with E-state index in [-0.39, 0.29) is 13.2 Å². The molecule has 0 amide bonds. The molecule has 1 atom stereocenters. The number of alkyl halides is 1. The highest BCUT2D eigenvalue weighted by atomic mass is 79.9. The molecule has 1 aromatic carbocycles. The van der Waals surface area contributed by atoms with Crippen molar-refractivity contribution in [1.82, 2.24) is 0 Å². The highest BCUT2D eigenvalue weighted by Crippen LogP contribution is 2.31. The van der Waals surface area contributed by atoms with E-state index in [1.54, 1.807) is 0 Å². The van der Waals surface area contributed by atoms with Crippen LogP contribution in [0.1, 0.15) is 5.56 Å². The number of benzene rings is 1. The van der Waals surface area contributed by atoms with Gasteiger partial charge in [-0.05, 0) is 17.7 Å². The van der Waals surface area contributed by atoms with E-state index in [1.807, 2.05) is 24.3 Å². The van der Waals surface area contributed by atoms with Gasteiger partial charge < -0.3 is 10.5 Å². The molecule has 86 valence electrons. The molecule has 3 nitrogen and oxygen atoms in total. The van der Waals surface area contributed by atoms with Crippen molar-refractivity contribution in [3.8, 4) is 0 Å². The first-order valence-electron chi connectivity index (χ1n) is 4.90. The average molecular weight is 287 g/mol. The number of nitrogens with zero attached hydrogens (tertiary/aromatic N) is 1. The van der Waals surface area contributed by atoms with Crippen molar-refractivity contribution in [3.63, 3.8) is 0 Å². The summed E-state index contributed by atoms with van der Waals surface area (Å²) in [5.74, 6) is 0.337. The van der Waals surface area contributed by atoms with E-state index in [0.29, 0.717) is 5.84 Å². The Morgan fingerprint density at radius 1 is 1.56 bits per heavy atom. The van der Waals surface area contributed by atoms with E-state index in [1.165, 1.54) is 0 Å². The minimum absolute atomic E-state index is 0.223. The zero-order valence-electron chi connectivity index (χ0n) is 8.62. The van der Waals surface area contributed by atoms with Crippen molar-refractivity contribution >= 4 is 21.8 Å². The third kappa shape index (κ3) is 2.10. The Kier molecular flexibility index (Phi) is 3.25. The lowest BCUT2D eigenvalue weighted by atomic mass is 9.92. The van der Waals surface area contributed by atoms with Gasteiger partial charge in [-0.15, -0.1) is 0 Å². The molecular formula is C11H12BrFN2O. The molecule has 0 aliphatic carbocycles. The number of hydrogen-bond donors (Lipinski definition) is 1. The molecule has 0 radical (unpaired) electrons. The summed E-state index contributed by atoms with van der Waals surface area (Å²) in [6.45, 7) is -0.124. The molecule has 0 unspecified atom stereocenters. The molecule has 1 aromatic rings. The summed E-state index contributed by atoms with van der Waals surface area (Å²) in [7, 11) is 0. The van der Waals surface area contributed by atoms with Gasteiger partial charge in [0, 0.05) is 4.47 Å². The lowest BCUT2D eigenvalue weighted by Crippen LogP contribution is -2.41. The van der Waals surface area contributed by atoms with Gasteiger partial charge in [-0.25, -0.2) is 4.39 Å². The summed E-state index contributed by atoms with van der Waals surface area (Å²) in [4.78, 5) is 4.22. The van der Waals surface area contributed by atoms with Crippen LogP contribution in [0.25, 0.3) is 0 Å². The topological polar surface area (TPSA) is 47.6 Å². The molecule has 1 aliphatic rings. The maximum atomic E-state index is 13.3. The zero-order chi connectivity index (χ0) is 11.6. The quantitative estimate of drug-likeness (QED) is 0.904. The first kappa shape index (κ1) is 11.5. The van der Waals surface area contributed by atoms with E-state index >= 15 is 0 Å². The van der Waals surface area contributed by atoms with E-state index in [4.69, 9.17) is 10.5 Å². The molecule has 0 saturated heterocycles. The van der Waals surface area contributed by atoms with E-state index in [2.05, 4.69) is 20.9 Å². The average Bonchev–Trinajstić information content (AvgIpc) is 2.29. The van der Waals surface area contributed by atoms with Crippen molar-refractivity contribution in [2.75, 3.05) is 19.9 Å². The molecule has 1 heterocycles. The van der Waals surface area contributed by atoms with Gasteiger partial charge in [0.2, 0.25) is 0 Å². The fraction of sp³-hybridized carbons (Fsp3) is 0.364. The molecule has 1 aliphatic heterocycles. The Bertz CT molecular complexity index is 424. The minimum Gasteiger partial charge on any atom is -0.385 e. The second-order valence-electron chi connectivity index (χ2n) is 3.77. The van der Waals surface area contributed by atoms with Gasteiger partial charge in [0.25, 0.3) is 0 Å². The van der Waals surface area contributed by atoms with Gasteiger partial charge in [-0.3, -0.25) is 4.99 Å². The number of rotatable bonds is 2. The van der Waals surface area contributed by atoms with Crippen molar-refractivity contribution in [2.24, 2.45) is 10.7 Å². The van der Waals surface area contributed by atoms with Crippen LogP contribution in [-0.2, 0) is 10.3 Å². The second-order valence-corrected chi connectivity index (χ2v) is 4.69. The summed E-state index contributed by atoms with van der Waals surface area (Å²) in [5.41, 5.74) is 5.40. The molecule has 0 spiro atoms. The summed E-state index contributed by atoms with van der Waals surface area (Å²) >= 11 is 3.35. The van der Waals surface area contributed by atoms with Gasteiger partial charge in [0.15, 0.2) is 0 Å². The van der Waals surface area contributed by atoms with Crippen LogP contribution in [-0.4, -0.2) is 25.7 Å². The minimum atomic E-state index is -0.980. The lowest BCUT2D eigenvalue weighted by Gasteiger charge is -2.31. The van der Waals surface area contributed by atoms with Crippen LogP contribution in [0, 0.1) is 0 Å². The van der Waals surface area contributed by atoms with E-state index in [9.17, 15) is 4.39 Å². The van der Waals surface area contributed by atoms with E-state index in [0.717, 1.165) is 10.0 Å². The van der Waals surface area contributed by atoms with Crippen molar-refractivity contribution in [3.05, 3.63) is 34.3 Å². The van der Waals surface area contributed by atoms with Crippen LogP contribution in [0.4, 0.5) is 4.39 Å². The summed E-state index contributed by atoms with van der Waals surface area (Å²) in [6, 6.07) is 7.39. The highest BCUT2D eigenvalue weighted by molar-refractivity contribution is 9.10. The second kappa shape index (κ2) is 4.51. The lowest BCUT2D eigenvalue weighted by molar-refractivity contribution is 0.0827. The highest BCUT2D eigenvalue weighted by Gasteiger charge is 2.35. The summed E-state index contributed by atoms with van der Waals surface area (Å²) < 4.78 is 19.4. The first-order chi connectivity index (χ1) is 7.66. The van der Waals surface area contributed by atoms with Gasteiger partial charge in [-0.1, -0.05) is 28.1 Å². The molecule has 2 N–H and O–H groups in total. The third-order valence-electron chi connectivity index (χ3n) is 2.53. The number of halogens is 2. The van der Waals surface area contributed by atoms with Crippen LogP contribution in [0.2, 0.25) is 0 Å². The number of hydrogen-bond acceptors (Lipinski definition) is 3. The maximum Gasteiger partial charge on any atom is 0.139 e. The van der Waals surface area contributed by atoms with Crippen LogP contribution >= 0.6 is 15.9 Å². The molecule has 0 bridgehead atoms. The molecular weight excluding hydrogens is 275 g/mol. The molecule has 0 fully saturated rings. The largest absolute Gasteiger partial charge is 0.385 e. The number of nitrogens with two attached hydrogens (primary N) is 1. The number of amidine groups is 1. The van der Waals surface area contributed by atoms with Gasteiger partial charge in [0.1, 0.15) is 24.7 Å². The molecule has 16 heavy (non-hydrogen) atoms. The van der Waals surface area contributed by atoms with Gasteiger partial charge >= 0.3 is 0 Å².